The van der Waals surface area contributed by atoms with Crippen molar-refractivity contribution in [1.29, 1.82) is 0 Å². The summed E-state index contributed by atoms with van der Waals surface area (Å²) < 4.78 is 16.6. The van der Waals surface area contributed by atoms with E-state index in [0.717, 1.165) is 16.9 Å². The van der Waals surface area contributed by atoms with Crippen LogP contribution in [0.15, 0.2) is 59.2 Å². The molecule has 0 saturated heterocycles. The van der Waals surface area contributed by atoms with E-state index >= 15 is 0 Å². The lowest BCUT2D eigenvalue weighted by atomic mass is 10.2. The largest absolute Gasteiger partial charge is 0.493 e. The summed E-state index contributed by atoms with van der Waals surface area (Å²) in [4.78, 5) is 0. The molecule has 1 aromatic heterocycles. The summed E-state index contributed by atoms with van der Waals surface area (Å²) in [5.41, 5.74) is 1.94. The van der Waals surface area contributed by atoms with Crippen LogP contribution >= 0.6 is 23.2 Å². The summed E-state index contributed by atoms with van der Waals surface area (Å²) in [5, 5.41) is 4.60. The van der Waals surface area contributed by atoms with Gasteiger partial charge in [-0.15, -0.1) is 0 Å². The molecule has 0 radical (unpaired) electrons. The zero-order chi connectivity index (χ0) is 18.4. The number of methoxy groups -OCH3 is 1. The molecule has 0 fully saturated rings. The maximum atomic E-state index is 6.41. The maximum Gasteiger partial charge on any atom is 0.163 e. The minimum Gasteiger partial charge on any atom is -0.493 e. The number of hydrogen-bond donors (Lipinski definition) is 1. The number of rotatable bonds is 8. The Bertz CT molecular complexity index is 833. The predicted molar refractivity (Wildman–Crippen MR) is 103 cm³/mol. The molecule has 6 heteroatoms. The average molecular weight is 392 g/mol. The third-order valence-electron chi connectivity index (χ3n) is 3.84. The van der Waals surface area contributed by atoms with E-state index in [0.29, 0.717) is 41.2 Å². The smallest absolute Gasteiger partial charge is 0.163 e. The fourth-order valence-corrected chi connectivity index (χ4v) is 2.81. The molecule has 1 heterocycles. The van der Waals surface area contributed by atoms with Crippen molar-refractivity contribution in [3.8, 4) is 11.5 Å². The van der Waals surface area contributed by atoms with Crippen LogP contribution in [0.2, 0.25) is 10.0 Å². The second-order valence-electron chi connectivity index (χ2n) is 5.69. The molecule has 4 nitrogen and oxygen atoms in total. The van der Waals surface area contributed by atoms with Gasteiger partial charge in [0, 0.05) is 22.7 Å². The molecule has 0 atom stereocenters. The molecule has 2 aromatic carbocycles. The molecule has 0 saturated carbocycles. The summed E-state index contributed by atoms with van der Waals surface area (Å²) in [5.74, 6) is 2.11. The van der Waals surface area contributed by atoms with Crippen LogP contribution in [0.3, 0.4) is 0 Å². The molecule has 3 rings (SSSR count). The second kappa shape index (κ2) is 8.99. The first-order valence-electron chi connectivity index (χ1n) is 8.12. The van der Waals surface area contributed by atoms with E-state index in [2.05, 4.69) is 5.32 Å². The quantitative estimate of drug-likeness (QED) is 0.553. The van der Waals surface area contributed by atoms with E-state index in [1.165, 1.54) is 0 Å². The molecule has 0 aliphatic heterocycles. The summed E-state index contributed by atoms with van der Waals surface area (Å²) in [6.07, 6.45) is 1.65. The van der Waals surface area contributed by atoms with Gasteiger partial charge >= 0.3 is 0 Å². The zero-order valence-corrected chi connectivity index (χ0v) is 15.8. The molecule has 0 unspecified atom stereocenters. The van der Waals surface area contributed by atoms with Gasteiger partial charge in [-0.3, -0.25) is 0 Å². The van der Waals surface area contributed by atoms with Crippen LogP contribution in [0.25, 0.3) is 0 Å². The Labute approximate surface area is 162 Å². The van der Waals surface area contributed by atoms with Gasteiger partial charge in [0.05, 0.1) is 19.9 Å². The minimum atomic E-state index is 0.403. The van der Waals surface area contributed by atoms with Crippen molar-refractivity contribution >= 4 is 23.2 Å². The van der Waals surface area contributed by atoms with Gasteiger partial charge in [0.1, 0.15) is 12.4 Å². The number of nitrogens with one attached hydrogen (secondary N) is 1. The number of ether oxygens (including phenoxy) is 2. The highest BCUT2D eigenvalue weighted by Crippen LogP contribution is 2.34. The van der Waals surface area contributed by atoms with Crippen LogP contribution in [0.4, 0.5) is 0 Å². The average Bonchev–Trinajstić information content (AvgIpc) is 3.16. The fourth-order valence-electron chi connectivity index (χ4n) is 2.46. The summed E-state index contributed by atoms with van der Waals surface area (Å²) in [6.45, 7) is 1.62. The minimum absolute atomic E-state index is 0.403. The van der Waals surface area contributed by atoms with E-state index in [1.54, 1.807) is 19.4 Å². The van der Waals surface area contributed by atoms with E-state index < -0.39 is 0 Å². The Hall–Kier alpha value is -2.14. The van der Waals surface area contributed by atoms with E-state index in [4.69, 9.17) is 37.1 Å². The third-order valence-corrected chi connectivity index (χ3v) is 4.44. The van der Waals surface area contributed by atoms with Crippen molar-refractivity contribution in [3.63, 3.8) is 0 Å². The Morgan fingerprint density at radius 1 is 1.00 bits per heavy atom. The molecule has 0 spiro atoms. The van der Waals surface area contributed by atoms with Crippen molar-refractivity contribution in [3.05, 3.63) is 81.7 Å². The fraction of sp³-hybridized carbons (Fsp3) is 0.200. The van der Waals surface area contributed by atoms with Crippen molar-refractivity contribution in [2.75, 3.05) is 7.11 Å². The molecule has 26 heavy (non-hydrogen) atoms. The lowest BCUT2D eigenvalue weighted by molar-refractivity contribution is 0.284. The van der Waals surface area contributed by atoms with E-state index in [1.807, 2.05) is 42.5 Å². The van der Waals surface area contributed by atoms with Crippen molar-refractivity contribution in [2.24, 2.45) is 0 Å². The summed E-state index contributed by atoms with van der Waals surface area (Å²) in [6, 6.07) is 14.9. The number of benzene rings is 2. The van der Waals surface area contributed by atoms with Crippen LogP contribution < -0.4 is 14.8 Å². The molecule has 0 amide bonds. The van der Waals surface area contributed by atoms with Gasteiger partial charge in [-0.2, -0.15) is 0 Å². The lowest BCUT2D eigenvalue weighted by Crippen LogP contribution is -2.12. The second-order valence-corrected chi connectivity index (χ2v) is 6.54. The normalized spacial score (nSPS) is 10.7. The number of hydrogen-bond acceptors (Lipinski definition) is 4. The SMILES string of the molecule is COc1cc(CNCc2ccco2)c(Cl)cc1OCc1ccc(Cl)cc1. The van der Waals surface area contributed by atoms with Crippen LogP contribution in [0.1, 0.15) is 16.9 Å². The van der Waals surface area contributed by atoms with Gasteiger partial charge in [-0.25, -0.2) is 0 Å². The van der Waals surface area contributed by atoms with Gasteiger partial charge in [-0.1, -0.05) is 35.3 Å². The van der Waals surface area contributed by atoms with Gasteiger partial charge in [0.25, 0.3) is 0 Å². The predicted octanol–water partition coefficient (Wildman–Crippen LogP) is 5.46. The standard InChI is InChI=1S/C20H19Cl2NO3/c1-24-19-9-15(11-23-12-17-3-2-8-25-17)18(22)10-20(19)26-13-14-4-6-16(21)7-5-14/h2-10,23H,11-13H2,1H3. The van der Waals surface area contributed by atoms with E-state index in [-0.39, 0.29) is 0 Å². The molecule has 1 N–H and O–H groups in total. The highest BCUT2D eigenvalue weighted by atomic mass is 35.5. The molecular formula is C20H19Cl2NO3. The van der Waals surface area contributed by atoms with Crippen LogP contribution in [-0.2, 0) is 19.7 Å². The Morgan fingerprint density at radius 3 is 2.50 bits per heavy atom. The molecule has 0 aliphatic rings. The van der Waals surface area contributed by atoms with Crippen LogP contribution in [0.5, 0.6) is 11.5 Å². The highest BCUT2D eigenvalue weighted by molar-refractivity contribution is 6.31. The maximum absolute atomic E-state index is 6.41. The van der Waals surface area contributed by atoms with Gasteiger partial charge in [-0.05, 0) is 41.5 Å². The Balaban J connectivity index is 1.64. The van der Waals surface area contributed by atoms with Gasteiger partial charge in [0.2, 0.25) is 0 Å². The van der Waals surface area contributed by atoms with Crippen LogP contribution in [-0.4, -0.2) is 7.11 Å². The topological polar surface area (TPSA) is 43.6 Å². The van der Waals surface area contributed by atoms with E-state index in [9.17, 15) is 0 Å². The monoisotopic (exact) mass is 391 g/mol. The highest BCUT2D eigenvalue weighted by Gasteiger charge is 2.11. The van der Waals surface area contributed by atoms with Crippen molar-refractivity contribution in [1.82, 2.24) is 5.32 Å². The molecule has 0 aliphatic carbocycles. The summed E-state index contributed by atoms with van der Waals surface area (Å²) >= 11 is 12.3. The lowest BCUT2D eigenvalue weighted by Gasteiger charge is -2.14. The first kappa shape index (κ1) is 18.6. The first-order chi connectivity index (χ1) is 12.7. The molecule has 0 bridgehead atoms. The molecule has 3 aromatic rings. The van der Waals surface area contributed by atoms with Crippen molar-refractivity contribution in [2.45, 2.75) is 19.7 Å². The van der Waals surface area contributed by atoms with Crippen LogP contribution in [0, 0.1) is 0 Å². The van der Waals surface area contributed by atoms with Crippen molar-refractivity contribution < 1.29 is 13.9 Å². The number of halogens is 2. The van der Waals surface area contributed by atoms with Gasteiger partial charge in [0.15, 0.2) is 11.5 Å². The Kier molecular flexibility index (Phi) is 6.45. The Morgan fingerprint density at radius 2 is 1.81 bits per heavy atom. The summed E-state index contributed by atoms with van der Waals surface area (Å²) in [7, 11) is 1.61. The zero-order valence-electron chi connectivity index (χ0n) is 14.3. The molecular weight excluding hydrogens is 373 g/mol. The first-order valence-corrected chi connectivity index (χ1v) is 8.88. The number of furan rings is 1. The third kappa shape index (κ3) is 4.94. The van der Waals surface area contributed by atoms with Gasteiger partial charge < -0.3 is 19.2 Å². The molecule has 136 valence electrons.